The van der Waals surface area contributed by atoms with Gasteiger partial charge in [-0.05, 0) is 24.3 Å². The molecule has 2 aromatic rings. The molecule has 0 saturated carbocycles. The molecule has 2 rings (SSSR count). The van der Waals surface area contributed by atoms with Crippen molar-refractivity contribution in [3.63, 3.8) is 0 Å². The summed E-state index contributed by atoms with van der Waals surface area (Å²) in [5, 5.41) is 27.6. The van der Waals surface area contributed by atoms with Gasteiger partial charge in [0.15, 0.2) is 0 Å². The Kier molecular flexibility index (Phi) is 4.56. The molecular formula is C12H15N3O5S. The third-order valence-electron chi connectivity index (χ3n) is 2.61. The smallest absolute Gasteiger partial charge is 0.335 e. The van der Waals surface area contributed by atoms with Crippen LogP contribution in [0.2, 0.25) is 0 Å². The van der Waals surface area contributed by atoms with Crippen molar-refractivity contribution >= 4 is 15.5 Å². The average Bonchev–Trinajstić information content (AvgIpc) is 2.95. The molecule has 21 heavy (non-hydrogen) atoms. The molecule has 1 unspecified atom stereocenters. The van der Waals surface area contributed by atoms with Gasteiger partial charge in [-0.25, -0.2) is 8.42 Å². The van der Waals surface area contributed by atoms with Crippen LogP contribution in [-0.2, 0) is 9.84 Å². The lowest BCUT2D eigenvalue weighted by Crippen LogP contribution is -2.22. The molecule has 0 saturated heterocycles. The molecule has 0 aliphatic carbocycles. The summed E-state index contributed by atoms with van der Waals surface area (Å²) in [6, 6.07) is 6.77. The van der Waals surface area contributed by atoms with Gasteiger partial charge in [-0.15, -0.1) is 5.10 Å². The number of hydrogen-bond acceptors (Lipinski definition) is 8. The number of nitrogens with zero attached hydrogens (tertiary/aromatic N) is 2. The molecule has 0 amide bonds. The number of aliphatic hydroxyl groups excluding tert-OH is 2. The van der Waals surface area contributed by atoms with Crippen LogP contribution in [0.3, 0.4) is 0 Å². The molecule has 0 aliphatic heterocycles. The van der Waals surface area contributed by atoms with E-state index in [9.17, 15) is 13.5 Å². The number of sulfone groups is 1. The number of aromatic nitrogens is 2. The molecule has 8 nitrogen and oxygen atoms in total. The number of hydrogen-bond donors (Lipinski definition) is 3. The summed E-state index contributed by atoms with van der Waals surface area (Å²) < 4.78 is 27.6. The molecule has 1 aromatic heterocycles. The minimum absolute atomic E-state index is 0.109. The monoisotopic (exact) mass is 313 g/mol. The Labute approximate surface area is 121 Å². The van der Waals surface area contributed by atoms with E-state index in [0.717, 1.165) is 11.9 Å². The van der Waals surface area contributed by atoms with Gasteiger partial charge in [-0.3, -0.25) is 0 Å². The summed E-state index contributed by atoms with van der Waals surface area (Å²) in [5.74, 6) is 0.109. The van der Waals surface area contributed by atoms with Crippen molar-refractivity contribution in [1.29, 1.82) is 0 Å². The largest absolute Gasteiger partial charge is 0.408 e. The van der Waals surface area contributed by atoms with Crippen LogP contribution in [0, 0.1) is 0 Å². The summed E-state index contributed by atoms with van der Waals surface area (Å²) in [6.07, 6.45) is 0.155. The summed E-state index contributed by atoms with van der Waals surface area (Å²) in [4.78, 5) is 0. The summed E-state index contributed by atoms with van der Waals surface area (Å²) in [6.45, 7) is -0.101. The molecule has 1 heterocycles. The fourth-order valence-corrected chi connectivity index (χ4v) is 1.93. The highest BCUT2D eigenvalue weighted by atomic mass is 32.2. The number of nitrogens with one attached hydrogen (secondary N) is 1. The third-order valence-corrected chi connectivity index (χ3v) is 3.41. The topological polar surface area (TPSA) is 126 Å². The normalized spacial score (nSPS) is 13.1. The Morgan fingerprint density at radius 3 is 2.48 bits per heavy atom. The highest BCUT2D eigenvalue weighted by Gasteiger charge is 2.17. The number of rotatable bonds is 6. The van der Waals surface area contributed by atoms with E-state index in [4.69, 9.17) is 9.52 Å². The fraction of sp³-hybridized carbons (Fsp3) is 0.333. The molecule has 0 fully saturated rings. The van der Waals surface area contributed by atoms with Gasteiger partial charge < -0.3 is 19.9 Å². The van der Waals surface area contributed by atoms with Crippen LogP contribution in [0.4, 0.5) is 5.69 Å². The third kappa shape index (κ3) is 4.00. The molecule has 0 aliphatic rings. The maximum atomic E-state index is 11.3. The number of anilines is 1. The van der Waals surface area contributed by atoms with Crippen molar-refractivity contribution in [3.05, 3.63) is 24.3 Å². The Morgan fingerprint density at radius 1 is 1.29 bits per heavy atom. The SMILES string of the molecule is CS(=O)(=O)c1nnc(-c2ccc(NCC(O)CO)cc2)o1. The van der Waals surface area contributed by atoms with Gasteiger partial charge in [0.25, 0.3) is 0 Å². The average molecular weight is 313 g/mol. The summed E-state index contributed by atoms with van der Waals surface area (Å²) >= 11 is 0. The van der Waals surface area contributed by atoms with Crippen LogP contribution in [0.25, 0.3) is 11.5 Å². The Bertz CT molecular complexity index is 696. The van der Waals surface area contributed by atoms with E-state index in [1.807, 2.05) is 0 Å². The maximum absolute atomic E-state index is 11.3. The molecule has 0 bridgehead atoms. The van der Waals surface area contributed by atoms with Crippen molar-refractivity contribution in [2.75, 3.05) is 24.7 Å². The molecule has 0 spiro atoms. The lowest BCUT2D eigenvalue weighted by Gasteiger charge is -2.10. The zero-order valence-electron chi connectivity index (χ0n) is 11.2. The molecule has 114 valence electrons. The number of benzene rings is 1. The predicted molar refractivity (Wildman–Crippen MR) is 74.4 cm³/mol. The van der Waals surface area contributed by atoms with E-state index in [2.05, 4.69) is 15.5 Å². The molecule has 1 atom stereocenters. The van der Waals surface area contributed by atoms with Crippen LogP contribution in [0.15, 0.2) is 33.9 Å². The van der Waals surface area contributed by atoms with E-state index in [1.165, 1.54) is 0 Å². The van der Waals surface area contributed by atoms with Crippen molar-refractivity contribution < 1.29 is 23.0 Å². The Hall–Kier alpha value is -1.97. The lowest BCUT2D eigenvalue weighted by molar-refractivity contribution is 0.105. The van der Waals surface area contributed by atoms with Crippen molar-refractivity contribution in [3.8, 4) is 11.5 Å². The first-order valence-corrected chi connectivity index (χ1v) is 7.96. The van der Waals surface area contributed by atoms with Crippen LogP contribution in [-0.4, -0.2) is 54.3 Å². The van der Waals surface area contributed by atoms with E-state index >= 15 is 0 Å². The number of aliphatic hydroxyl groups is 2. The van der Waals surface area contributed by atoms with Crippen LogP contribution >= 0.6 is 0 Å². The highest BCUT2D eigenvalue weighted by molar-refractivity contribution is 7.90. The molecule has 3 N–H and O–H groups in total. The lowest BCUT2D eigenvalue weighted by atomic mass is 10.2. The van der Waals surface area contributed by atoms with Crippen LogP contribution < -0.4 is 5.32 Å². The van der Waals surface area contributed by atoms with Gasteiger partial charge in [0.05, 0.1) is 12.7 Å². The molecule has 1 aromatic carbocycles. The van der Waals surface area contributed by atoms with Gasteiger partial charge in [0, 0.05) is 24.1 Å². The van der Waals surface area contributed by atoms with Gasteiger partial charge in [0.1, 0.15) is 0 Å². The zero-order valence-corrected chi connectivity index (χ0v) is 12.0. The second-order valence-corrected chi connectivity index (χ2v) is 6.33. The van der Waals surface area contributed by atoms with Crippen molar-refractivity contribution in [2.45, 2.75) is 11.3 Å². The van der Waals surface area contributed by atoms with Gasteiger partial charge in [0.2, 0.25) is 15.7 Å². The maximum Gasteiger partial charge on any atom is 0.335 e. The first-order chi connectivity index (χ1) is 9.90. The van der Waals surface area contributed by atoms with E-state index in [0.29, 0.717) is 5.56 Å². The summed E-state index contributed by atoms with van der Waals surface area (Å²) in [7, 11) is -3.52. The first-order valence-electron chi connectivity index (χ1n) is 6.07. The molecule has 0 radical (unpaired) electrons. The first kappa shape index (κ1) is 15.4. The minimum atomic E-state index is -3.52. The predicted octanol–water partition coefficient (Wildman–Crippen LogP) is -0.0948. The van der Waals surface area contributed by atoms with E-state index in [1.54, 1.807) is 24.3 Å². The molecule has 9 heteroatoms. The van der Waals surface area contributed by atoms with Crippen LogP contribution in [0.5, 0.6) is 0 Å². The van der Waals surface area contributed by atoms with Gasteiger partial charge in [-0.2, -0.15) is 0 Å². The highest BCUT2D eigenvalue weighted by Crippen LogP contribution is 2.21. The van der Waals surface area contributed by atoms with Crippen molar-refractivity contribution in [1.82, 2.24) is 10.2 Å². The zero-order chi connectivity index (χ0) is 15.5. The summed E-state index contributed by atoms with van der Waals surface area (Å²) in [5.41, 5.74) is 1.31. The van der Waals surface area contributed by atoms with Gasteiger partial charge >= 0.3 is 5.22 Å². The van der Waals surface area contributed by atoms with Crippen molar-refractivity contribution in [2.24, 2.45) is 0 Å². The quantitative estimate of drug-likeness (QED) is 0.675. The van der Waals surface area contributed by atoms with Crippen LogP contribution in [0.1, 0.15) is 0 Å². The second-order valence-electron chi connectivity index (χ2n) is 4.44. The van der Waals surface area contributed by atoms with E-state index < -0.39 is 21.2 Å². The van der Waals surface area contributed by atoms with E-state index in [-0.39, 0.29) is 19.0 Å². The fourth-order valence-electron chi connectivity index (χ4n) is 1.51. The molecular weight excluding hydrogens is 298 g/mol. The Balaban J connectivity index is 2.10. The standard InChI is InChI=1S/C12H15N3O5S/c1-21(18,19)12-15-14-11(20-12)8-2-4-9(5-3-8)13-6-10(17)7-16/h2-5,10,13,16-17H,6-7H2,1H3. The minimum Gasteiger partial charge on any atom is -0.408 e. The Morgan fingerprint density at radius 2 is 1.95 bits per heavy atom. The second kappa shape index (κ2) is 6.20. The van der Waals surface area contributed by atoms with Gasteiger partial charge in [-0.1, -0.05) is 5.10 Å².